The van der Waals surface area contributed by atoms with Crippen LogP contribution in [0, 0.1) is 0 Å². The van der Waals surface area contributed by atoms with Crippen LogP contribution in [0.2, 0.25) is 5.02 Å². The van der Waals surface area contributed by atoms with Gasteiger partial charge in [-0.25, -0.2) is 0 Å². The lowest BCUT2D eigenvalue weighted by Crippen LogP contribution is -2.31. The van der Waals surface area contributed by atoms with Crippen LogP contribution < -0.4 is 10.6 Å². The largest absolute Gasteiger partial charge is 0.506 e. The van der Waals surface area contributed by atoms with E-state index in [1.165, 1.54) is 23.8 Å². The number of phenolic OH excluding ortho intramolecular Hbond substituents is 1. The van der Waals surface area contributed by atoms with Gasteiger partial charge in [0.2, 0.25) is 0 Å². The minimum atomic E-state index is -0.422. The van der Waals surface area contributed by atoms with Crippen LogP contribution in [0.3, 0.4) is 0 Å². The highest BCUT2D eigenvalue weighted by molar-refractivity contribution is 6.32. The lowest BCUT2D eigenvalue weighted by molar-refractivity contribution is 0.0933. The summed E-state index contributed by atoms with van der Waals surface area (Å²) in [5.41, 5.74) is 3.49. The van der Waals surface area contributed by atoms with Gasteiger partial charge < -0.3 is 15.7 Å². The van der Waals surface area contributed by atoms with Crippen LogP contribution in [-0.2, 0) is 6.42 Å². The summed E-state index contributed by atoms with van der Waals surface area (Å²) in [4.78, 5) is 26.4. The molecule has 1 atom stereocenters. The number of anilines is 1. The summed E-state index contributed by atoms with van der Waals surface area (Å²) in [5, 5.41) is 17.6. The summed E-state index contributed by atoms with van der Waals surface area (Å²) in [5.74, 6) is -0.766. The Kier molecular flexibility index (Phi) is 5.95. The molecule has 0 heterocycles. The Morgan fingerprint density at radius 3 is 2.41 bits per heavy atom. The van der Waals surface area contributed by atoms with Crippen molar-refractivity contribution < 1.29 is 14.7 Å². The molecule has 4 aromatic rings. The van der Waals surface area contributed by atoms with E-state index in [0.717, 1.165) is 35.6 Å². The van der Waals surface area contributed by atoms with Crippen molar-refractivity contribution in [1.29, 1.82) is 0 Å². The first kappa shape index (κ1) is 22.0. The number of carbonyl (C=O) groups excluding carboxylic acids is 2. The maximum Gasteiger partial charge on any atom is 0.255 e. The number of amides is 2. The van der Waals surface area contributed by atoms with Gasteiger partial charge in [0.25, 0.3) is 11.8 Å². The van der Waals surface area contributed by atoms with E-state index < -0.39 is 5.91 Å². The van der Waals surface area contributed by atoms with Gasteiger partial charge in [0.15, 0.2) is 0 Å². The average Bonchev–Trinajstić information content (AvgIpc) is 2.85. The van der Waals surface area contributed by atoms with Crippen molar-refractivity contribution in [3.63, 3.8) is 0 Å². The molecule has 0 fully saturated rings. The Labute approximate surface area is 202 Å². The second-order valence-electron chi connectivity index (χ2n) is 8.48. The fourth-order valence-electron chi connectivity index (χ4n) is 4.51. The van der Waals surface area contributed by atoms with E-state index in [4.69, 9.17) is 11.6 Å². The van der Waals surface area contributed by atoms with Gasteiger partial charge in [-0.2, -0.15) is 0 Å². The van der Waals surface area contributed by atoms with Crippen LogP contribution in [0.1, 0.15) is 50.7 Å². The first-order chi connectivity index (χ1) is 16.5. The predicted octanol–water partition coefficient (Wildman–Crippen LogP) is 6.26. The molecule has 0 spiro atoms. The van der Waals surface area contributed by atoms with Crippen LogP contribution in [0.4, 0.5) is 5.69 Å². The summed E-state index contributed by atoms with van der Waals surface area (Å²) >= 11 is 5.98. The molecule has 3 N–H and O–H groups in total. The standard InChI is InChI=1S/C28H23ClN2O3/c29-23-15-20(12-13-26(23)32)27(33)31-25-16-19-8-2-1-7-18(19)14-22(25)28(34)30-24-11-5-9-17-6-3-4-10-21(17)24/h1-4,6-8,10,12-16,24,32H,5,9,11H2,(H,30,34)(H,31,33). The van der Waals surface area contributed by atoms with Crippen LogP contribution >= 0.6 is 11.6 Å². The molecule has 0 saturated heterocycles. The van der Waals surface area contributed by atoms with Crippen LogP contribution in [-0.4, -0.2) is 16.9 Å². The third-order valence-corrected chi connectivity index (χ3v) is 6.57. The van der Waals surface area contributed by atoms with Crippen molar-refractivity contribution in [2.75, 3.05) is 5.32 Å². The lowest BCUT2D eigenvalue weighted by Gasteiger charge is -2.26. The van der Waals surface area contributed by atoms with E-state index in [1.807, 2.05) is 36.4 Å². The molecule has 170 valence electrons. The second kappa shape index (κ2) is 9.20. The smallest absolute Gasteiger partial charge is 0.255 e. The minimum Gasteiger partial charge on any atom is -0.506 e. The van der Waals surface area contributed by atoms with Crippen LogP contribution in [0.5, 0.6) is 5.75 Å². The van der Waals surface area contributed by atoms with Crippen molar-refractivity contribution in [2.45, 2.75) is 25.3 Å². The lowest BCUT2D eigenvalue weighted by atomic mass is 9.87. The first-order valence-electron chi connectivity index (χ1n) is 11.2. The molecule has 1 aliphatic carbocycles. The van der Waals surface area contributed by atoms with Crippen LogP contribution in [0.15, 0.2) is 78.9 Å². The second-order valence-corrected chi connectivity index (χ2v) is 8.89. The number of nitrogens with one attached hydrogen (secondary N) is 2. The van der Waals surface area contributed by atoms with E-state index in [0.29, 0.717) is 11.3 Å². The first-order valence-corrected chi connectivity index (χ1v) is 11.6. The zero-order valence-corrected chi connectivity index (χ0v) is 19.1. The molecule has 0 saturated carbocycles. The summed E-state index contributed by atoms with van der Waals surface area (Å²) in [6.45, 7) is 0. The Bertz CT molecular complexity index is 1420. The summed E-state index contributed by atoms with van der Waals surface area (Å²) in [6.07, 6.45) is 2.88. The van der Waals surface area contributed by atoms with E-state index in [2.05, 4.69) is 22.8 Å². The molecule has 5 rings (SSSR count). The Balaban J connectivity index is 1.48. The maximum absolute atomic E-state index is 13.5. The minimum absolute atomic E-state index is 0.0802. The number of rotatable bonds is 4. The number of aromatic hydroxyl groups is 1. The molecule has 1 aliphatic rings. The third-order valence-electron chi connectivity index (χ3n) is 6.26. The number of fused-ring (bicyclic) bond motifs is 2. The van der Waals surface area contributed by atoms with Gasteiger partial charge in [0.05, 0.1) is 22.3 Å². The number of phenols is 1. The molecule has 4 aromatic carbocycles. The highest BCUT2D eigenvalue weighted by atomic mass is 35.5. The van der Waals surface area contributed by atoms with Crippen LogP contribution in [0.25, 0.3) is 10.8 Å². The van der Waals surface area contributed by atoms with Gasteiger partial charge in [0.1, 0.15) is 5.75 Å². The SMILES string of the molecule is O=C(Nc1cc2ccccc2cc1C(=O)NC1CCCc2ccccc21)c1ccc(O)c(Cl)c1. The van der Waals surface area contributed by atoms with E-state index in [1.54, 1.807) is 12.1 Å². The Hall–Kier alpha value is -3.83. The van der Waals surface area contributed by atoms with Gasteiger partial charge in [-0.1, -0.05) is 60.1 Å². The highest BCUT2D eigenvalue weighted by Crippen LogP contribution is 2.31. The monoisotopic (exact) mass is 470 g/mol. The molecule has 34 heavy (non-hydrogen) atoms. The molecular formula is C28H23ClN2O3. The molecule has 1 unspecified atom stereocenters. The van der Waals surface area contributed by atoms with Gasteiger partial charge in [-0.15, -0.1) is 0 Å². The molecular weight excluding hydrogens is 448 g/mol. The molecule has 0 bridgehead atoms. The zero-order valence-electron chi connectivity index (χ0n) is 18.3. The van der Waals surface area contributed by atoms with E-state index in [-0.39, 0.29) is 28.3 Å². The molecule has 2 amide bonds. The summed E-state index contributed by atoms with van der Waals surface area (Å²) in [7, 11) is 0. The Morgan fingerprint density at radius 1 is 0.882 bits per heavy atom. The topological polar surface area (TPSA) is 78.4 Å². The average molecular weight is 471 g/mol. The quantitative estimate of drug-likeness (QED) is 0.329. The zero-order chi connectivity index (χ0) is 23.7. The molecule has 0 aliphatic heterocycles. The normalized spacial score (nSPS) is 14.9. The third kappa shape index (κ3) is 4.35. The van der Waals surface area contributed by atoms with Crippen molar-refractivity contribution in [3.05, 3.63) is 106 Å². The molecule has 0 aromatic heterocycles. The number of benzene rings is 4. The number of hydrogen-bond donors (Lipinski definition) is 3. The molecule has 6 heteroatoms. The van der Waals surface area contributed by atoms with Crippen molar-refractivity contribution in [3.8, 4) is 5.75 Å². The maximum atomic E-state index is 13.5. The van der Waals surface area contributed by atoms with Gasteiger partial charge in [0, 0.05) is 5.56 Å². The van der Waals surface area contributed by atoms with Gasteiger partial charge in [-0.3, -0.25) is 9.59 Å². The highest BCUT2D eigenvalue weighted by Gasteiger charge is 2.24. The number of aryl methyl sites for hydroxylation is 1. The van der Waals surface area contributed by atoms with Gasteiger partial charge in [-0.05, 0) is 71.5 Å². The van der Waals surface area contributed by atoms with Gasteiger partial charge >= 0.3 is 0 Å². The fraction of sp³-hybridized carbons (Fsp3) is 0.143. The van der Waals surface area contributed by atoms with Crippen molar-refractivity contribution in [1.82, 2.24) is 5.32 Å². The fourth-order valence-corrected chi connectivity index (χ4v) is 4.69. The molecule has 0 radical (unpaired) electrons. The number of carbonyl (C=O) groups is 2. The summed E-state index contributed by atoms with van der Waals surface area (Å²) in [6, 6.07) is 23.7. The van der Waals surface area contributed by atoms with E-state index >= 15 is 0 Å². The number of hydrogen-bond acceptors (Lipinski definition) is 3. The van der Waals surface area contributed by atoms with E-state index in [9.17, 15) is 14.7 Å². The predicted molar refractivity (Wildman–Crippen MR) is 135 cm³/mol. The number of halogens is 1. The summed E-state index contributed by atoms with van der Waals surface area (Å²) < 4.78 is 0. The Morgan fingerprint density at radius 2 is 1.62 bits per heavy atom. The molecule has 5 nitrogen and oxygen atoms in total. The van der Waals surface area contributed by atoms with Crippen molar-refractivity contribution in [2.24, 2.45) is 0 Å². The van der Waals surface area contributed by atoms with Crippen molar-refractivity contribution >= 4 is 39.9 Å².